The number of hydrogen-bond donors (Lipinski definition) is 0. The van der Waals surface area contributed by atoms with E-state index in [2.05, 4.69) is 50.4 Å². The minimum Gasteiger partial charge on any atom is -0.274 e. The van der Waals surface area contributed by atoms with Crippen LogP contribution in [0.25, 0.3) is 0 Å². The van der Waals surface area contributed by atoms with Gasteiger partial charge >= 0.3 is 0 Å². The molecule has 0 aliphatic carbocycles. The summed E-state index contributed by atoms with van der Waals surface area (Å²) in [6, 6.07) is 14.5. The molecule has 2 aromatic carbocycles. The fraction of sp³-hybridized carbons (Fsp3) is 0.273. The van der Waals surface area contributed by atoms with Gasteiger partial charge in [-0.05, 0) is 43.5 Å². The van der Waals surface area contributed by atoms with E-state index in [-0.39, 0.29) is 5.91 Å². The van der Waals surface area contributed by atoms with Crippen LogP contribution in [0.3, 0.4) is 0 Å². The summed E-state index contributed by atoms with van der Waals surface area (Å²) < 4.78 is 0. The number of thioether (sulfide) groups is 1. The van der Waals surface area contributed by atoms with E-state index in [4.69, 9.17) is 4.98 Å². The SMILES string of the molecule is CCc1ccccc1N(C(C)=O)c1nc(CSc2ccc(C)cc2C)cs1. The Bertz CT molecular complexity index is 949. The zero-order valence-electron chi connectivity index (χ0n) is 16.2. The molecule has 140 valence electrons. The van der Waals surface area contributed by atoms with Crippen LogP contribution in [0, 0.1) is 13.8 Å². The van der Waals surface area contributed by atoms with E-state index in [1.54, 1.807) is 23.6 Å². The molecule has 1 heterocycles. The van der Waals surface area contributed by atoms with Gasteiger partial charge in [-0.3, -0.25) is 9.69 Å². The van der Waals surface area contributed by atoms with Crippen LogP contribution >= 0.6 is 23.1 Å². The molecule has 0 radical (unpaired) electrons. The maximum absolute atomic E-state index is 12.4. The number of carbonyl (C=O) groups excluding carboxylic acids is 1. The van der Waals surface area contributed by atoms with Crippen LogP contribution in [-0.2, 0) is 17.0 Å². The van der Waals surface area contributed by atoms with E-state index in [0.29, 0.717) is 0 Å². The number of carbonyl (C=O) groups is 1. The molecule has 27 heavy (non-hydrogen) atoms. The monoisotopic (exact) mass is 396 g/mol. The molecule has 3 aromatic rings. The Balaban J connectivity index is 1.81. The number of anilines is 2. The third-order valence-electron chi connectivity index (χ3n) is 4.37. The summed E-state index contributed by atoms with van der Waals surface area (Å²) in [6.07, 6.45) is 0.876. The minimum absolute atomic E-state index is 0.0150. The first-order valence-electron chi connectivity index (χ1n) is 9.02. The first-order chi connectivity index (χ1) is 13.0. The number of benzene rings is 2. The number of thiazole rings is 1. The Morgan fingerprint density at radius 2 is 1.96 bits per heavy atom. The quantitative estimate of drug-likeness (QED) is 0.458. The molecule has 3 rings (SSSR count). The number of nitrogens with zero attached hydrogens (tertiary/aromatic N) is 2. The van der Waals surface area contributed by atoms with Crippen LogP contribution in [0.5, 0.6) is 0 Å². The van der Waals surface area contributed by atoms with E-state index in [9.17, 15) is 4.79 Å². The molecule has 1 amide bonds. The van der Waals surface area contributed by atoms with E-state index in [1.165, 1.54) is 27.4 Å². The second kappa shape index (κ2) is 8.72. The highest BCUT2D eigenvalue weighted by Gasteiger charge is 2.20. The minimum atomic E-state index is -0.0150. The third kappa shape index (κ3) is 4.60. The van der Waals surface area contributed by atoms with Crippen molar-refractivity contribution >= 4 is 39.8 Å². The molecule has 0 unspecified atom stereocenters. The second-order valence-corrected chi connectivity index (χ2v) is 8.37. The zero-order valence-corrected chi connectivity index (χ0v) is 17.8. The lowest BCUT2D eigenvalue weighted by Gasteiger charge is -2.21. The van der Waals surface area contributed by atoms with Crippen molar-refractivity contribution in [3.63, 3.8) is 0 Å². The van der Waals surface area contributed by atoms with Gasteiger partial charge in [0, 0.05) is 23.0 Å². The number of aromatic nitrogens is 1. The number of rotatable bonds is 6. The highest BCUT2D eigenvalue weighted by Crippen LogP contribution is 2.33. The average Bonchev–Trinajstić information content (AvgIpc) is 3.09. The number of aryl methyl sites for hydroxylation is 3. The molecule has 0 aliphatic rings. The number of hydrogen-bond acceptors (Lipinski definition) is 4. The fourth-order valence-electron chi connectivity index (χ4n) is 3.01. The predicted molar refractivity (Wildman–Crippen MR) is 116 cm³/mol. The van der Waals surface area contributed by atoms with Crippen molar-refractivity contribution in [3.05, 3.63) is 70.2 Å². The fourth-order valence-corrected chi connectivity index (χ4v) is 4.90. The van der Waals surface area contributed by atoms with Crippen LogP contribution in [0.4, 0.5) is 10.8 Å². The lowest BCUT2D eigenvalue weighted by molar-refractivity contribution is -0.115. The van der Waals surface area contributed by atoms with Crippen LogP contribution in [0.2, 0.25) is 0 Å². The van der Waals surface area contributed by atoms with E-state index in [1.807, 2.05) is 18.2 Å². The predicted octanol–water partition coefficient (Wildman–Crippen LogP) is 6.30. The zero-order chi connectivity index (χ0) is 19.4. The van der Waals surface area contributed by atoms with Gasteiger partial charge in [0.25, 0.3) is 0 Å². The Morgan fingerprint density at radius 3 is 2.67 bits per heavy atom. The molecule has 0 fully saturated rings. The molecule has 3 nitrogen and oxygen atoms in total. The molecule has 0 N–H and O–H groups in total. The van der Waals surface area contributed by atoms with Crippen LogP contribution in [-0.4, -0.2) is 10.9 Å². The maximum atomic E-state index is 12.4. The lowest BCUT2D eigenvalue weighted by atomic mass is 10.1. The van der Waals surface area contributed by atoms with E-state index < -0.39 is 0 Å². The highest BCUT2D eigenvalue weighted by atomic mass is 32.2. The van der Waals surface area contributed by atoms with E-state index >= 15 is 0 Å². The van der Waals surface area contributed by atoms with E-state index in [0.717, 1.165) is 34.2 Å². The first kappa shape index (κ1) is 19.6. The molecule has 0 atom stereocenters. The summed E-state index contributed by atoms with van der Waals surface area (Å²) in [5.74, 6) is 0.778. The molecular formula is C22H24N2OS2. The summed E-state index contributed by atoms with van der Waals surface area (Å²) >= 11 is 3.31. The Kier molecular flexibility index (Phi) is 6.34. The Labute approximate surface area is 169 Å². The summed E-state index contributed by atoms with van der Waals surface area (Å²) in [4.78, 5) is 20.1. The number of amides is 1. The van der Waals surface area contributed by atoms with Gasteiger partial charge in [0.05, 0.1) is 11.4 Å². The topological polar surface area (TPSA) is 33.2 Å². The van der Waals surface area contributed by atoms with Crippen LogP contribution in [0.15, 0.2) is 52.7 Å². The van der Waals surface area contributed by atoms with Gasteiger partial charge in [-0.2, -0.15) is 0 Å². The van der Waals surface area contributed by atoms with Gasteiger partial charge < -0.3 is 0 Å². The maximum Gasteiger partial charge on any atom is 0.230 e. The van der Waals surface area contributed by atoms with Gasteiger partial charge in [-0.15, -0.1) is 23.1 Å². The molecule has 0 bridgehead atoms. The normalized spacial score (nSPS) is 10.8. The highest BCUT2D eigenvalue weighted by molar-refractivity contribution is 7.98. The summed E-state index contributed by atoms with van der Waals surface area (Å²) in [7, 11) is 0. The Morgan fingerprint density at radius 1 is 1.19 bits per heavy atom. The van der Waals surface area contributed by atoms with Crippen molar-refractivity contribution in [3.8, 4) is 0 Å². The van der Waals surface area contributed by atoms with Crippen molar-refractivity contribution in [2.24, 2.45) is 0 Å². The standard InChI is InChI=1S/C22H24N2OS2/c1-5-18-8-6-7-9-20(18)24(17(4)25)22-23-19(14-27-22)13-26-21-11-10-15(2)12-16(21)3/h6-12,14H,5,13H2,1-4H3. The molecule has 0 aliphatic heterocycles. The van der Waals surface area contributed by atoms with Crippen molar-refractivity contribution in [1.29, 1.82) is 0 Å². The molecule has 0 saturated heterocycles. The molecule has 0 saturated carbocycles. The van der Waals surface area contributed by atoms with Gasteiger partial charge in [0.15, 0.2) is 5.13 Å². The summed E-state index contributed by atoms with van der Waals surface area (Å²) in [5, 5.41) is 2.79. The summed E-state index contributed by atoms with van der Waals surface area (Å²) in [6.45, 7) is 7.95. The second-order valence-electron chi connectivity index (χ2n) is 6.52. The molecule has 5 heteroatoms. The van der Waals surface area contributed by atoms with Crippen molar-refractivity contribution in [2.45, 2.75) is 44.8 Å². The largest absolute Gasteiger partial charge is 0.274 e. The van der Waals surface area contributed by atoms with Crippen molar-refractivity contribution < 1.29 is 4.79 Å². The molecule has 0 spiro atoms. The lowest BCUT2D eigenvalue weighted by Crippen LogP contribution is -2.23. The van der Waals surface area contributed by atoms with Crippen LogP contribution < -0.4 is 4.90 Å². The summed E-state index contributed by atoms with van der Waals surface area (Å²) in [5.41, 5.74) is 5.64. The smallest absolute Gasteiger partial charge is 0.230 e. The van der Waals surface area contributed by atoms with Gasteiger partial charge in [-0.25, -0.2) is 4.98 Å². The third-order valence-corrected chi connectivity index (χ3v) is 6.45. The van der Waals surface area contributed by atoms with Gasteiger partial charge in [0.1, 0.15) is 0 Å². The average molecular weight is 397 g/mol. The Hall–Kier alpha value is -2.11. The van der Waals surface area contributed by atoms with Crippen molar-refractivity contribution in [1.82, 2.24) is 4.98 Å². The van der Waals surface area contributed by atoms with Crippen molar-refractivity contribution in [2.75, 3.05) is 4.90 Å². The van der Waals surface area contributed by atoms with Gasteiger partial charge in [-0.1, -0.05) is 42.8 Å². The van der Waals surface area contributed by atoms with Crippen LogP contribution in [0.1, 0.15) is 36.2 Å². The first-order valence-corrected chi connectivity index (χ1v) is 10.9. The molecular weight excluding hydrogens is 372 g/mol. The number of para-hydroxylation sites is 1. The van der Waals surface area contributed by atoms with Gasteiger partial charge in [0.2, 0.25) is 5.91 Å². The molecule has 1 aromatic heterocycles.